The summed E-state index contributed by atoms with van der Waals surface area (Å²) in [6.45, 7) is 10.6. The van der Waals surface area contributed by atoms with Crippen LogP contribution in [0.5, 0.6) is 0 Å². The number of hydrogen-bond acceptors (Lipinski definition) is 5. The van der Waals surface area contributed by atoms with Gasteiger partial charge in [-0.3, -0.25) is 9.59 Å². The molecule has 0 aromatic heterocycles. The molecule has 9 atom stereocenters. The highest BCUT2D eigenvalue weighted by molar-refractivity contribution is 6.01. The van der Waals surface area contributed by atoms with Crippen molar-refractivity contribution in [2.24, 2.45) is 34.5 Å². The molecule has 0 aromatic rings. The average Bonchev–Trinajstić information content (AvgIpc) is 3.20. The van der Waals surface area contributed by atoms with Crippen LogP contribution in [0.1, 0.15) is 79.6 Å². The van der Waals surface area contributed by atoms with Crippen molar-refractivity contribution in [3.05, 3.63) is 23.8 Å². The van der Waals surface area contributed by atoms with Crippen molar-refractivity contribution < 1.29 is 24.2 Å². The van der Waals surface area contributed by atoms with Crippen molar-refractivity contribution in [3.8, 4) is 0 Å². The fourth-order valence-corrected chi connectivity index (χ4v) is 8.53. The number of ether oxygens (including phenoxy) is 2. The van der Waals surface area contributed by atoms with E-state index in [-0.39, 0.29) is 53.0 Å². The molecule has 0 amide bonds. The smallest absolute Gasteiger partial charge is 0.178 e. The molecule has 33 heavy (non-hydrogen) atoms. The summed E-state index contributed by atoms with van der Waals surface area (Å²) in [5.41, 5.74) is -0.587. The lowest BCUT2D eigenvalue weighted by Gasteiger charge is -2.59. The number of carbonyl (C=O) groups excluding carboxylic acids is 2. The van der Waals surface area contributed by atoms with Gasteiger partial charge in [0.1, 0.15) is 0 Å². The summed E-state index contributed by atoms with van der Waals surface area (Å²) in [6.07, 6.45) is 9.70. The van der Waals surface area contributed by atoms with Crippen molar-refractivity contribution >= 4 is 11.6 Å². The Morgan fingerprint density at radius 1 is 1.30 bits per heavy atom. The number of ketones is 2. The molecule has 5 heteroatoms. The van der Waals surface area contributed by atoms with Gasteiger partial charge in [-0.05, 0) is 62.0 Å². The van der Waals surface area contributed by atoms with Crippen LogP contribution in [0.3, 0.4) is 0 Å². The molecule has 3 saturated carbocycles. The van der Waals surface area contributed by atoms with E-state index in [0.717, 1.165) is 37.7 Å². The molecule has 1 saturated heterocycles. The second kappa shape index (κ2) is 7.86. The Hall–Kier alpha value is -1.30. The van der Waals surface area contributed by atoms with Crippen LogP contribution in [0.4, 0.5) is 0 Å². The van der Waals surface area contributed by atoms with E-state index in [2.05, 4.69) is 34.6 Å². The van der Waals surface area contributed by atoms with Gasteiger partial charge in [-0.25, -0.2) is 0 Å². The van der Waals surface area contributed by atoms with Crippen molar-refractivity contribution in [1.29, 1.82) is 0 Å². The molecule has 5 rings (SSSR count). The first-order chi connectivity index (χ1) is 15.6. The number of aliphatic hydroxyl groups is 1. The molecule has 182 valence electrons. The molecule has 5 nitrogen and oxygen atoms in total. The molecule has 4 fully saturated rings. The SMILES string of the molecule is CCCC1O[C@@H]2C[C@H]3[C@@H]4CCC5=CC(=O)C=C[C@]5(C)[C@H]4[C@@H](O)C[C@]3(C)C2(C(=O)CC(C)C)O1. The van der Waals surface area contributed by atoms with Gasteiger partial charge in [0.2, 0.25) is 0 Å². The summed E-state index contributed by atoms with van der Waals surface area (Å²) in [7, 11) is 0. The average molecular weight is 457 g/mol. The van der Waals surface area contributed by atoms with Gasteiger partial charge in [0.25, 0.3) is 0 Å². The number of allylic oxidation sites excluding steroid dienone is 4. The quantitative estimate of drug-likeness (QED) is 0.645. The summed E-state index contributed by atoms with van der Waals surface area (Å²) >= 11 is 0. The zero-order chi connectivity index (χ0) is 23.8. The largest absolute Gasteiger partial charge is 0.393 e. The highest BCUT2D eigenvalue weighted by Crippen LogP contribution is 2.70. The molecule has 1 aliphatic heterocycles. The summed E-state index contributed by atoms with van der Waals surface area (Å²) < 4.78 is 13.1. The van der Waals surface area contributed by atoms with E-state index in [1.165, 1.54) is 0 Å². The third-order valence-corrected chi connectivity index (χ3v) is 9.82. The van der Waals surface area contributed by atoms with Crippen LogP contribution in [-0.2, 0) is 19.1 Å². The van der Waals surface area contributed by atoms with E-state index >= 15 is 0 Å². The van der Waals surface area contributed by atoms with E-state index in [1.807, 2.05) is 6.08 Å². The summed E-state index contributed by atoms with van der Waals surface area (Å²) in [5, 5.41) is 11.7. The lowest BCUT2D eigenvalue weighted by molar-refractivity contribution is -0.199. The van der Waals surface area contributed by atoms with Crippen LogP contribution in [0.2, 0.25) is 0 Å². The van der Waals surface area contributed by atoms with Gasteiger partial charge in [0, 0.05) is 23.2 Å². The monoisotopic (exact) mass is 456 g/mol. The molecule has 1 N–H and O–H groups in total. The number of hydrogen-bond donors (Lipinski definition) is 1. The highest BCUT2D eigenvalue weighted by atomic mass is 16.7. The highest BCUT2D eigenvalue weighted by Gasteiger charge is 2.75. The summed E-state index contributed by atoms with van der Waals surface area (Å²) in [4.78, 5) is 26.0. The molecule has 0 radical (unpaired) electrons. The van der Waals surface area contributed by atoms with E-state index in [0.29, 0.717) is 12.8 Å². The first-order valence-electron chi connectivity index (χ1n) is 13.1. The Morgan fingerprint density at radius 2 is 2.06 bits per heavy atom. The second-order valence-electron chi connectivity index (χ2n) is 12.2. The van der Waals surface area contributed by atoms with Gasteiger partial charge in [-0.1, -0.05) is 52.7 Å². The van der Waals surface area contributed by atoms with Crippen LogP contribution in [0.25, 0.3) is 0 Å². The Bertz CT molecular complexity index is 904. The van der Waals surface area contributed by atoms with E-state index in [4.69, 9.17) is 9.47 Å². The van der Waals surface area contributed by atoms with Crippen LogP contribution in [-0.4, -0.2) is 40.8 Å². The Labute approximate surface area is 198 Å². The van der Waals surface area contributed by atoms with Crippen molar-refractivity contribution in [2.45, 2.75) is 104 Å². The number of Topliss-reactive ketones (excluding diaryl/α,β-unsaturated/α-hetero) is 1. The van der Waals surface area contributed by atoms with Crippen LogP contribution < -0.4 is 0 Å². The molecular formula is C28H40O5. The van der Waals surface area contributed by atoms with E-state index in [1.54, 1.807) is 12.2 Å². The van der Waals surface area contributed by atoms with Gasteiger partial charge in [0.05, 0.1) is 12.2 Å². The zero-order valence-corrected chi connectivity index (χ0v) is 20.8. The molecule has 2 unspecified atom stereocenters. The first-order valence-corrected chi connectivity index (χ1v) is 13.1. The van der Waals surface area contributed by atoms with Crippen LogP contribution >= 0.6 is 0 Å². The predicted molar refractivity (Wildman–Crippen MR) is 125 cm³/mol. The Morgan fingerprint density at radius 3 is 2.76 bits per heavy atom. The first kappa shape index (κ1) is 23.4. The maximum atomic E-state index is 13.9. The lowest BCUT2D eigenvalue weighted by atomic mass is 9.46. The zero-order valence-electron chi connectivity index (χ0n) is 20.8. The number of rotatable bonds is 5. The molecule has 0 bridgehead atoms. The summed E-state index contributed by atoms with van der Waals surface area (Å²) in [6, 6.07) is 0. The van der Waals surface area contributed by atoms with Crippen LogP contribution in [0, 0.1) is 34.5 Å². The lowest BCUT2D eigenvalue weighted by Crippen LogP contribution is -2.63. The van der Waals surface area contributed by atoms with Crippen molar-refractivity contribution in [1.82, 2.24) is 0 Å². The molecule has 5 aliphatic rings. The van der Waals surface area contributed by atoms with Gasteiger partial charge in [-0.15, -0.1) is 0 Å². The Balaban J connectivity index is 1.55. The molecule has 4 aliphatic carbocycles. The summed E-state index contributed by atoms with van der Waals surface area (Å²) in [5.74, 6) is 1.01. The van der Waals surface area contributed by atoms with Crippen molar-refractivity contribution in [2.75, 3.05) is 0 Å². The number of carbonyl (C=O) groups is 2. The minimum atomic E-state index is -0.969. The van der Waals surface area contributed by atoms with E-state index < -0.39 is 17.1 Å². The molecule has 0 spiro atoms. The predicted octanol–water partition coefficient (Wildman–Crippen LogP) is 4.77. The minimum Gasteiger partial charge on any atom is -0.393 e. The normalized spacial score (nSPS) is 48.2. The topological polar surface area (TPSA) is 72.8 Å². The van der Waals surface area contributed by atoms with Gasteiger partial charge in [0.15, 0.2) is 23.5 Å². The third kappa shape index (κ3) is 3.14. The van der Waals surface area contributed by atoms with Gasteiger partial charge < -0.3 is 14.6 Å². The van der Waals surface area contributed by atoms with Crippen LogP contribution in [0.15, 0.2) is 23.8 Å². The Kier molecular flexibility index (Phi) is 5.58. The van der Waals surface area contributed by atoms with Gasteiger partial charge >= 0.3 is 0 Å². The fourth-order valence-electron chi connectivity index (χ4n) is 8.53. The standard InChI is InChI=1S/C28H40O5/c1-6-7-24-32-23-14-20-19-9-8-17-13-18(29)10-11-26(17,4)25(19)21(30)15-27(20,5)28(23,33-24)22(31)12-16(2)3/h10-11,13,16,19-21,23-25,30H,6-9,12,14-15H2,1-5H3/t19-,20-,21-,23+,24?,25+,26-,27-,28?/m0/s1. The van der Waals surface area contributed by atoms with Gasteiger partial charge in [-0.2, -0.15) is 0 Å². The maximum absolute atomic E-state index is 13.9. The molecule has 0 aromatic carbocycles. The van der Waals surface area contributed by atoms with Crippen molar-refractivity contribution in [3.63, 3.8) is 0 Å². The minimum absolute atomic E-state index is 0.0439. The maximum Gasteiger partial charge on any atom is 0.178 e. The molecular weight excluding hydrogens is 416 g/mol. The number of aliphatic hydroxyl groups excluding tert-OH is 1. The second-order valence-corrected chi connectivity index (χ2v) is 12.2. The fraction of sp³-hybridized carbons (Fsp3) is 0.786. The number of fused-ring (bicyclic) bond motifs is 7. The molecule has 1 heterocycles. The van der Waals surface area contributed by atoms with E-state index in [9.17, 15) is 14.7 Å². The third-order valence-electron chi connectivity index (χ3n) is 9.82.